The van der Waals surface area contributed by atoms with Crippen molar-refractivity contribution >= 4 is 5.57 Å². The van der Waals surface area contributed by atoms with Crippen LogP contribution in [0.2, 0.25) is 0 Å². The molecule has 1 aromatic heterocycles. The van der Waals surface area contributed by atoms with Crippen molar-refractivity contribution in [3.05, 3.63) is 36.2 Å². The lowest BCUT2D eigenvalue weighted by atomic mass is 9.96. The molecule has 0 unspecified atom stereocenters. The average Bonchev–Trinajstić information content (AvgIpc) is 2.15. The van der Waals surface area contributed by atoms with Crippen molar-refractivity contribution < 1.29 is 0 Å². The molecule has 2 heteroatoms. The predicted octanol–water partition coefficient (Wildman–Crippen LogP) is 2.08. The van der Waals surface area contributed by atoms with Crippen LogP contribution in [0.3, 0.4) is 0 Å². The van der Waals surface area contributed by atoms with Crippen LogP contribution in [-0.2, 0) is 0 Å². The molecular weight excluding hydrogens is 160 g/mol. The standard InChI is InChI=1S/C11H16N2/c1-9(2)11(3-6-12)10-4-7-13-8-5-10/h3-5,7-9H,6,12H2,1-2H3/b11-3-. The zero-order valence-corrected chi connectivity index (χ0v) is 8.20. The third-order valence-electron chi connectivity index (χ3n) is 1.97. The molecule has 0 aliphatic carbocycles. The molecule has 0 fully saturated rings. The second-order valence-corrected chi connectivity index (χ2v) is 3.29. The maximum Gasteiger partial charge on any atom is 0.0273 e. The molecule has 1 rings (SSSR count). The quantitative estimate of drug-likeness (QED) is 0.765. The molecular formula is C11H16N2. The lowest BCUT2D eigenvalue weighted by Crippen LogP contribution is -2.00. The number of aromatic nitrogens is 1. The fourth-order valence-electron chi connectivity index (χ4n) is 1.36. The van der Waals surface area contributed by atoms with Crippen molar-refractivity contribution in [1.82, 2.24) is 4.98 Å². The second kappa shape index (κ2) is 4.77. The van der Waals surface area contributed by atoms with Crippen molar-refractivity contribution in [3.63, 3.8) is 0 Å². The summed E-state index contributed by atoms with van der Waals surface area (Å²) in [5.74, 6) is 0.506. The number of nitrogens with two attached hydrogens (primary N) is 1. The van der Waals surface area contributed by atoms with Crippen molar-refractivity contribution in [2.24, 2.45) is 11.7 Å². The van der Waals surface area contributed by atoms with Crippen molar-refractivity contribution in [2.45, 2.75) is 13.8 Å². The zero-order valence-electron chi connectivity index (χ0n) is 8.20. The van der Waals surface area contributed by atoms with Gasteiger partial charge in [0.25, 0.3) is 0 Å². The van der Waals surface area contributed by atoms with Crippen LogP contribution in [0.15, 0.2) is 30.6 Å². The molecule has 1 heterocycles. The molecule has 0 aliphatic heterocycles. The summed E-state index contributed by atoms with van der Waals surface area (Å²) in [6, 6.07) is 4.03. The van der Waals surface area contributed by atoms with Gasteiger partial charge in [0.2, 0.25) is 0 Å². The molecule has 2 nitrogen and oxygen atoms in total. The summed E-state index contributed by atoms with van der Waals surface area (Å²) in [5, 5.41) is 0. The summed E-state index contributed by atoms with van der Waals surface area (Å²) in [6.45, 7) is 4.93. The van der Waals surface area contributed by atoms with E-state index in [9.17, 15) is 0 Å². The van der Waals surface area contributed by atoms with Crippen LogP contribution in [0, 0.1) is 5.92 Å². The average molecular weight is 176 g/mol. The van der Waals surface area contributed by atoms with Gasteiger partial charge in [0.1, 0.15) is 0 Å². The van der Waals surface area contributed by atoms with E-state index in [1.165, 1.54) is 11.1 Å². The number of allylic oxidation sites excluding steroid dienone is 1. The van der Waals surface area contributed by atoms with E-state index in [1.807, 2.05) is 24.5 Å². The molecule has 0 aliphatic rings. The predicted molar refractivity (Wildman–Crippen MR) is 56.1 cm³/mol. The second-order valence-electron chi connectivity index (χ2n) is 3.29. The van der Waals surface area contributed by atoms with Gasteiger partial charge in [0, 0.05) is 18.9 Å². The molecule has 1 aromatic rings. The molecule has 0 saturated carbocycles. The summed E-state index contributed by atoms with van der Waals surface area (Å²) in [5.41, 5.74) is 8.03. The van der Waals surface area contributed by atoms with Gasteiger partial charge in [-0.3, -0.25) is 4.98 Å². The molecule has 70 valence electrons. The molecule has 0 spiro atoms. The Balaban J connectivity index is 2.96. The Morgan fingerprint density at radius 1 is 1.46 bits per heavy atom. The van der Waals surface area contributed by atoms with Gasteiger partial charge < -0.3 is 5.73 Å². The monoisotopic (exact) mass is 176 g/mol. The molecule has 2 N–H and O–H groups in total. The minimum Gasteiger partial charge on any atom is -0.327 e. The molecule has 0 bridgehead atoms. The summed E-state index contributed by atoms with van der Waals surface area (Å²) < 4.78 is 0. The Bertz CT molecular complexity index is 275. The van der Waals surface area contributed by atoms with E-state index in [0.29, 0.717) is 12.5 Å². The summed E-state index contributed by atoms with van der Waals surface area (Å²) in [7, 11) is 0. The zero-order chi connectivity index (χ0) is 9.68. The summed E-state index contributed by atoms with van der Waals surface area (Å²) in [6.07, 6.45) is 5.68. The fraction of sp³-hybridized carbons (Fsp3) is 0.364. The van der Waals surface area contributed by atoms with E-state index < -0.39 is 0 Å². The largest absolute Gasteiger partial charge is 0.327 e. The van der Waals surface area contributed by atoms with E-state index in [0.717, 1.165) is 0 Å². The van der Waals surface area contributed by atoms with Crippen LogP contribution < -0.4 is 5.73 Å². The SMILES string of the molecule is CC(C)/C(=C/CN)c1ccncc1. The fourth-order valence-corrected chi connectivity index (χ4v) is 1.36. The maximum atomic E-state index is 5.51. The van der Waals surface area contributed by atoms with Crippen LogP contribution in [0.1, 0.15) is 19.4 Å². The van der Waals surface area contributed by atoms with Gasteiger partial charge >= 0.3 is 0 Å². The van der Waals surface area contributed by atoms with E-state index in [1.54, 1.807) is 0 Å². The van der Waals surface area contributed by atoms with Crippen LogP contribution in [0.4, 0.5) is 0 Å². The van der Waals surface area contributed by atoms with Crippen LogP contribution in [0.25, 0.3) is 5.57 Å². The van der Waals surface area contributed by atoms with Crippen molar-refractivity contribution in [1.29, 1.82) is 0 Å². The smallest absolute Gasteiger partial charge is 0.0273 e. The molecule has 0 aromatic carbocycles. The first-order valence-electron chi connectivity index (χ1n) is 4.56. The van der Waals surface area contributed by atoms with Crippen LogP contribution >= 0.6 is 0 Å². The third kappa shape index (κ3) is 2.67. The topological polar surface area (TPSA) is 38.9 Å². The normalized spacial score (nSPS) is 12.2. The number of rotatable bonds is 3. The van der Waals surface area contributed by atoms with Gasteiger partial charge in [0.05, 0.1) is 0 Å². The van der Waals surface area contributed by atoms with E-state index in [-0.39, 0.29) is 0 Å². The van der Waals surface area contributed by atoms with E-state index >= 15 is 0 Å². The van der Waals surface area contributed by atoms with Crippen molar-refractivity contribution in [3.8, 4) is 0 Å². The Morgan fingerprint density at radius 3 is 2.54 bits per heavy atom. The van der Waals surface area contributed by atoms with Crippen LogP contribution in [0.5, 0.6) is 0 Å². The minimum absolute atomic E-state index is 0.506. The van der Waals surface area contributed by atoms with Gasteiger partial charge in [-0.25, -0.2) is 0 Å². The number of pyridine rings is 1. The Morgan fingerprint density at radius 2 is 2.08 bits per heavy atom. The summed E-state index contributed by atoms with van der Waals surface area (Å²) in [4.78, 5) is 3.99. The first-order valence-corrected chi connectivity index (χ1v) is 4.56. The minimum atomic E-state index is 0.506. The Hall–Kier alpha value is -1.15. The lowest BCUT2D eigenvalue weighted by Gasteiger charge is -2.10. The van der Waals surface area contributed by atoms with Gasteiger partial charge in [-0.15, -0.1) is 0 Å². The number of nitrogens with zero attached hydrogens (tertiary/aromatic N) is 1. The highest BCUT2D eigenvalue weighted by atomic mass is 14.6. The molecule has 0 amide bonds. The number of hydrogen-bond acceptors (Lipinski definition) is 2. The summed E-state index contributed by atoms with van der Waals surface area (Å²) >= 11 is 0. The molecule has 0 radical (unpaired) electrons. The van der Waals surface area contributed by atoms with Gasteiger partial charge in [0.15, 0.2) is 0 Å². The lowest BCUT2D eigenvalue weighted by molar-refractivity contribution is 0.851. The molecule has 0 atom stereocenters. The van der Waals surface area contributed by atoms with Crippen molar-refractivity contribution in [2.75, 3.05) is 6.54 Å². The molecule has 0 saturated heterocycles. The number of hydrogen-bond donors (Lipinski definition) is 1. The van der Waals surface area contributed by atoms with E-state index in [2.05, 4.69) is 24.9 Å². The van der Waals surface area contributed by atoms with Crippen LogP contribution in [-0.4, -0.2) is 11.5 Å². The van der Waals surface area contributed by atoms with Gasteiger partial charge in [-0.2, -0.15) is 0 Å². The first-order chi connectivity index (χ1) is 6.25. The molecule has 13 heavy (non-hydrogen) atoms. The highest BCUT2D eigenvalue weighted by Crippen LogP contribution is 2.21. The van der Waals surface area contributed by atoms with Gasteiger partial charge in [-0.1, -0.05) is 19.9 Å². The third-order valence-corrected chi connectivity index (χ3v) is 1.97. The Kier molecular flexibility index (Phi) is 3.65. The highest BCUT2D eigenvalue weighted by Gasteiger charge is 2.04. The highest BCUT2D eigenvalue weighted by molar-refractivity contribution is 5.66. The Labute approximate surface area is 79.5 Å². The van der Waals surface area contributed by atoms with E-state index in [4.69, 9.17) is 5.73 Å². The maximum absolute atomic E-state index is 5.51. The first kappa shape index (κ1) is 9.93. The van der Waals surface area contributed by atoms with Gasteiger partial charge in [-0.05, 0) is 29.2 Å².